The summed E-state index contributed by atoms with van der Waals surface area (Å²) in [5.41, 5.74) is 0. The van der Waals surface area contributed by atoms with Crippen LogP contribution in [0.1, 0.15) is 44.6 Å². The van der Waals surface area contributed by atoms with Gasteiger partial charge >= 0.3 is 0 Å². The van der Waals surface area contributed by atoms with Crippen molar-refractivity contribution in [3.8, 4) is 0 Å². The Kier molecular flexibility index (Phi) is 5.46. The number of aryl methyl sites for hydroxylation is 1. The van der Waals surface area contributed by atoms with Crippen LogP contribution in [-0.4, -0.2) is 32.4 Å². The van der Waals surface area contributed by atoms with E-state index in [1.165, 1.54) is 0 Å². The maximum absolute atomic E-state index is 12.7. The van der Waals surface area contributed by atoms with Crippen molar-refractivity contribution in [1.29, 1.82) is 0 Å². The van der Waals surface area contributed by atoms with Crippen LogP contribution in [0, 0.1) is 12.8 Å². The second-order valence-corrected chi connectivity index (χ2v) is 7.63. The molecule has 0 radical (unpaired) electrons. The zero-order valence-corrected chi connectivity index (χ0v) is 14.0. The summed E-state index contributed by atoms with van der Waals surface area (Å²) in [6, 6.07) is 1.67. The third kappa shape index (κ3) is 3.67. The van der Waals surface area contributed by atoms with Crippen molar-refractivity contribution < 1.29 is 12.8 Å². The molecule has 0 amide bonds. The Morgan fingerprint density at radius 1 is 1.43 bits per heavy atom. The Bertz CT molecular complexity index is 565. The lowest BCUT2D eigenvalue weighted by Crippen LogP contribution is -2.29. The van der Waals surface area contributed by atoms with Gasteiger partial charge in [0.25, 0.3) is 0 Å². The lowest BCUT2D eigenvalue weighted by Gasteiger charge is -2.15. The highest BCUT2D eigenvalue weighted by molar-refractivity contribution is 7.89. The predicted molar refractivity (Wildman–Crippen MR) is 82.6 cm³/mol. The van der Waals surface area contributed by atoms with Crippen LogP contribution in [0.5, 0.6) is 0 Å². The van der Waals surface area contributed by atoms with Crippen molar-refractivity contribution in [1.82, 2.24) is 9.62 Å². The summed E-state index contributed by atoms with van der Waals surface area (Å²) in [7, 11) is -3.41. The van der Waals surface area contributed by atoms with E-state index in [-0.39, 0.29) is 0 Å². The van der Waals surface area contributed by atoms with Crippen LogP contribution >= 0.6 is 0 Å². The molecule has 1 N–H and O–H groups in total. The van der Waals surface area contributed by atoms with Crippen molar-refractivity contribution in [2.24, 2.45) is 5.92 Å². The molecule has 0 spiro atoms. The molecule has 1 fully saturated rings. The maximum atomic E-state index is 12.7. The largest absolute Gasteiger partial charge is 0.464 e. The van der Waals surface area contributed by atoms with Crippen molar-refractivity contribution in [2.75, 3.05) is 19.6 Å². The molecule has 0 saturated carbocycles. The van der Waals surface area contributed by atoms with Gasteiger partial charge in [-0.05, 0) is 32.2 Å². The Morgan fingerprint density at radius 2 is 2.19 bits per heavy atom. The summed E-state index contributed by atoms with van der Waals surface area (Å²) >= 11 is 0. The summed E-state index contributed by atoms with van der Waals surface area (Å²) in [5, 5.41) is 3.15. The standard InChI is InChI=1S/C15H26N2O3S/c1-4-6-13-7-8-17(11-13)21(18,19)15-9-14(10-16-5-2)20-12(15)3/h9,13,16H,4-8,10-11H2,1-3H3. The van der Waals surface area contributed by atoms with Gasteiger partial charge in [0.05, 0.1) is 6.54 Å². The predicted octanol–water partition coefficient (Wildman–Crippen LogP) is 2.51. The monoisotopic (exact) mass is 314 g/mol. The average Bonchev–Trinajstić information content (AvgIpc) is 3.04. The van der Waals surface area contributed by atoms with Crippen LogP contribution in [0.3, 0.4) is 0 Å². The van der Waals surface area contributed by atoms with Gasteiger partial charge in [-0.15, -0.1) is 0 Å². The molecule has 2 rings (SSSR count). The number of furan rings is 1. The van der Waals surface area contributed by atoms with Gasteiger partial charge in [-0.3, -0.25) is 0 Å². The van der Waals surface area contributed by atoms with E-state index in [0.717, 1.165) is 25.8 Å². The van der Waals surface area contributed by atoms with Gasteiger partial charge in [-0.25, -0.2) is 8.42 Å². The molecular weight excluding hydrogens is 288 g/mol. The average molecular weight is 314 g/mol. The molecule has 2 heterocycles. The molecule has 6 heteroatoms. The molecule has 21 heavy (non-hydrogen) atoms. The molecule has 0 bridgehead atoms. The highest BCUT2D eigenvalue weighted by Gasteiger charge is 2.34. The third-order valence-corrected chi connectivity index (χ3v) is 6.01. The summed E-state index contributed by atoms with van der Waals surface area (Å²) in [5.74, 6) is 1.66. The van der Waals surface area contributed by atoms with E-state index in [9.17, 15) is 8.42 Å². The lowest BCUT2D eigenvalue weighted by atomic mass is 10.0. The number of sulfonamides is 1. The first kappa shape index (κ1) is 16.5. The number of rotatable bonds is 7. The fraction of sp³-hybridized carbons (Fsp3) is 0.733. The van der Waals surface area contributed by atoms with Gasteiger partial charge in [0, 0.05) is 19.2 Å². The normalized spacial score (nSPS) is 20.2. The molecule has 1 aliphatic rings. The van der Waals surface area contributed by atoms with E-state index in [1.807, 2.05) is 6.92 Å². The zero-order valence-electron chi connectivity index (χ0n) is 13.2. The molecule has 1 aromatic rings. The molecule has 5 nitrogen and oxygen atoms in total. The number of nitrogens with one attached hydrogen (secondary N) is 1. The fourth-order valence-corrected chi connectivity index (χ4v) is 4.63. The first-order valence-corrected chi connectivity index (χ1v) is 9.23. The minimum Gasteiger partial charge on any atom is -0.464 e. The summed E-state index contributed by atoms with van der Waals surface area (Å²) in [4.78, 5) is 0.326. The highest BCUT2D eigenvalue weighted by Crippen LogP contribution is 2.29. The Labute approximate surface area is 127 Å². The SMILES string of the molecule is CCCC1CCN(S(=O)(=O)c2cc(CNCC)oc2C)C1. The van der Waals surface area contributed by atoms with Gasteiger partial charge in [-0.2, -0.15) is 4.31 Å². The first-order chi connectivity index (χ1) is 9.98. The second kappa shape index (κ2) is 6.94. The molecule has 1 unspecified atom stereocenters. The minimum atomic E-state index is -3.41. The van der Waals surface area contributed by atoms with E-state index < -0.39 is 10.0 Å². The van der Waals surface area contributed by atoms with Gasteiger partial charge in [0.1, 0.15) is 16.4 Å². The molecule has 120 valence electrons. The van der Waals surface area contributed by atoms with Crippen molar-refractivity contribution in [3.05, 3.63) is 17.6 Å². The van der Waals surface area contributed by atoms with Crippen LogP contribution in [0.4, 0.5) is 0 Å². The smallest absolute Gasteiger partial charge is 0.246 e. The van der Waals surface area contributed by atoms with Crippen molar-refractivity contribution in [2.45, 2.75) is 51.5 Å². The van der Waals surface area contributed by atoms with Crippen molar-refractivity contribution in [3.63, 3.8) is 0 Å². The lowest BCUT2D eigenvalue weighted by molar-refractivity contribution is 0.438. The maximum Gasteiger partial charge on any atom is 0.246 e. The van der Waals surface area contributed by atoms with Gasteiger partial charge in [0.15, 0.2) is 0 Å². The molecule has 1 saturated heterocycles. The Balaban J connectivity index is 2.14. The van der Waals surface area contributed by atoms with Crippen LogP contribution in [-0.2, 0) is 16.6 Å². The molecule has 1 aromatic heterocycles. The topological polar surface area (TPSA) is 62.6 Å². The molecule has 0 aromatic carbocycles. The Hall–Kier alpha value is -0.850. The van der Waals surface area contributed by atoms with Crippen molar-refractivity contribution >= 4 is 10.0 Å². The molecular formula is C15H26N2O3S. The zero-order chi connectivity index (χ0) is 15.5. The van der Waals surface area contributed by atoms with Crippen LogP contribution in [0.15, 0.2) is 15.4 Å². The van der Waals surface area contributed by atoms with E-state index >= 15 is 0 Å². The molecule has 1 atom stereocenters. The number of hydrogen-bond donors (Lipinski definition) is 1. The van der Waals surface area contributed by atoms with Crippen LogP contribution in [0.25, 0.3) is 0 Å². The first-order valence-electron chi connectivity index (χ1n) is 7.79. The van der Waals surface area contributed by atoms with Gasteiger partial charge < -0.3 is 9.73 Å². The molecule has 0 aliphatic carbocycles. The van der Waals surface area contributed by atoms with Gasteiger partial charge in [-0.1, -0.05) is 20.3 Å². The minimum absolute atomic E-state index is 0.326. The van der Waals surface area contributed by atoms with E-state index in [0.29, 0.717) is 42.0 Å². The van der Waals surface area contributed by atoms with Crippen LogP contribution < -0.4 is 5.32 Å². The summed E-state index contributed by atoms with van der Waals surface area (Å²) < 4.78 is 32.7. The van der Waals surface area contributed by atoms with Gasteiger partial charge in [0.2, 0.25) is 10.0 Å². The van der Waals surface area contributed by atoms with E-state index in [4.69, 9.17) is 4.42 Å². The Morgan fingerprint density at radius 3 is 2.86 bits per heavy atom. The van der Waals surface area contributed by atoms with E-state index in [1.54, 1.807) is 17.3 Å². The number of nitrogens with zero attached hydrogens (tertiary/aromatic N) is 1. The fourth-order valence-electron chi connectivity index (χ4n) is 2.91. The van der Waals surface area contributed by atoms with E-state index in [2.05, 4.69) is 12.2 Å². The number of hydrogen-bond acceptors (Lipinski definition) is 4. The quantitative estimate of drug-likeness (QED) is 0.840. The highest BCUT2D eigenvalue weighted by atomic mass is 32.2. The summed E-state index contributed by atoms with van der Waals surface area (Å²) in [6.45, 7) is 8.53. The third-order valence-electron chi connectivity index (χ3n) is 4.04. The summed E-state index contributed by atoms with van der Waals surface area (Å²) in [6.07, 6.45) is 3.17. The van der Waals surface area contributed by atoms with Crippen LogP contribution in [0.2, 0.25) is 0 Å². The molecule has 1 aliphatic heterocycles. The second-order valence-electron chi connectivity index (χ2n) is 5.72.